The van der Waals surface area contributed by atoms with Gasteiger partial charge in [0.05, 0.1) is 30.4 Å². The van der Waals surface area contributed by atoms with Crippen LogP contribution in [0.25, 0.3) is 16.4 Å². The number of nitrogens with zero attached hydrogens (tertiary/aromatic N) is 8. The molecule has 2 aromatic heterocycles. The van der Waals surface area contributed by atoms with Crippen LogP contribution >= 0.6 is 11.6 Å². The lowest BCUT2D eigenvalue weighted by Gasteiger charge is -2.39. The first-order valence-corrected chi connectivity index (χ1v) is 14.2. The minimum atomic E-state index is -1.03. The van der Waals surface area contributed by atoms with Crippen molar-refractivity contribution in [3.63, 3.8) is 0 Å². The van der Waals surface area contributed by atoms with E-state index in [1.807, 2.05) is 35.2 Å². The number of piperazine rings is 1. The Morgan fingerprint density at radius 1 is 1.20 bits per heavy atom. The van der Waals surface area contributed by atoms with Crippen LogP contribution in [0.3, 0.4) is 0 Å². The summed E-state index contributed by atoms with van der Waals surface area (Å²) >= 11 is 6.61. The van der Waals surface area contributed by atoms with Gasteiger partial charge in [0.1, 0.15) is 6.61 Å². The Bertz CT molecular complexity index is 1630. The lowest BCUT2D eigenvalue weighted by Crippen LogP contribution is -2.55. The topological polar surface area (TPSA) is 123 Å². The largest absolute Gasteiger partial charge is 0.465 e. The van der Waals surface area contributed by atoms with Crippen LogP contribution in [0, 0.1) is 11.3 Å². The number of ether oxygens (including phenoxy) is 1. The summed E-state index contributed by atoms with van der Waals surface area (Å²) in [6, 6.07) is 14.2. The molecule has 4 heterocycles. The lowest BCUT2D eigenvalue weighted by atomic mass is 10.0. The first-order valence-electron chi connectivity index (χ1n) is 13.8. The van der Waals surface area contributed by atoms with Gasteiger partial charge in [-0.15, -0.1) is 5.10 Å². The fourth-order valence-corrected chi connectivity index (χ4v) is 6.24. The minimum absolute atomic E-state index is 0.0864. The van der Waals surface area contributed by atoms with Crippen LogP contribution in [-0.4, -0.2) is 92.5 Å². The Hall–Kier alpha value is -4.14. The van der Waals surface area contributed by atoms with Crippen LogP contribution in [0.5, 0.6) is 6.01 Å². The number of amides is 1. The highest BCUT2D eigenvalue weighted by Gasteiger charge is 2.33. The van der Waals surface area contributed by atoms with Crippen molar-refractivity contribution in [3.05, 3.63) is 58.9 Å². The van der Waals surface area contributed by atoms with Crippen molar-refractivity contribution < 1.29 is 14.6 Å². The Labute approximate surface area is 242 Å². The number of anilines is 1. The van der Waals surface area contributed by atoms with Crippen molar-refractivity contribution in [1.82, 2.24) is 29.4 Å². The van der Waals surface area contributed by atoms with Crippen LogP contribution in [0.2, 0.25) is 5.02 Å². The maximum absolute atomic E-state index is 11.8. The summed E-state index contributed by atoms with van der Waals surface area (Å²) < 4.78 is 7.95. The summed E-state index contributed by atoms with van der Waals surface area (Å²) in [6.45, 7) is 2.48. The number of carbonyl (C=O) groups is 1. The lowest BCUT2D eigenvalue weighted by molar-refractivity contribution is 0.119. The second-order valence-electron chi connectivity index (χ2n) is 10.7. The Morgan fingerprint density at radius 2 is 2.02 bits per heavy atom. The van der Waals surface area contributed by atoms with Crippen LogP contribution in [-0.2, 0) is 6.42 Å². The smallest absolute Gasteiger partial charge is 0.407 e. The normalized spacial score (nSPS) is 19.6. The van der Waals surface area contributed by atoms with Gasteiger partial charge in [-0.05, 0) is 43.5 Å². The molecule has 0 radical (unpaired) electrons. The summed E-state index contributed by atoms with van der Waals surface area (Å²) in [4.78, 5) is 26.9. The maximum atomic E-state index is 11.8. The molecule has 11 nitrogen and oxygen atoms in total. The number of hydrogen-bond acceptors (Lipinski definition) is 8. The van der Waals surface area contributed by atoms with Crippen molar-refractivity contribution in [2.24, 2.45) is 0 Å². The Kier molecular flexibility index (Phi) is 7.51. The Balaban J connectivity index is 1.39. The molecule has 0 bridgehead atoms. The van der Waals surface area contributed by atoms with Crippen molar-refractivity contribution in [3.8, 4) is 12.1 Å². The molecule has 2 unspecified atom stereocenters. The van der Waals surface area contributed by atoms with Crippen molar-refractivity contribution in [2.45, 2.75) is 37.8 Å². The van der Waals surface area contributed by atoms with Crippen LogP contribution in [0.4, 0.5) is 10.6 Å². The number of fused-ring (bicyclic) bond motifs is 2. The standard InChI is InChI=1S/C29H31ClN8O3/c1-35-12-4-8-22(35)18-41-28-33-27(36-13-14-37(29(39)40)21(17-36)10-11-31)26-32-16-23(38(26)34-28)15-20-7-2-5-19-6-3-9-24(30)25(19)20/h2-3,5-7,9,16,21-22H,4,8,10,12-15,17-18H2,1H3,(H,39,40). The predicted molar refractivity (Wildman–Crippen MR) is 155 cm³/mol. The molecule has 0 saturated carbocycles. The van der Waals surface area contributed by atoms with Gasteiger partial charge in [0.2, 0.25) is 0 Å². The zero-order chi connectivity index (χ0) is 28.5. The summed E-state index contributed by atoms with van der Waals surface area (Å²) in [6.07, 6.45) is 3.56. The van der Waals surface area contributed by atoms with E-state index in [0.717, 1.165) is 41.4 Å². The van der Waals surface area contributed by atoms with E-state index in [4.69, 9.17) is 31.4 Å². The highest BCUT2D eigenvalue weighted by Crippen LogP contribution is 2.30. The molecule has 2 aliphatic heterocycles. The maximum Gasteiger partial charge on any atom is 0.407 e. The van der Waals surface area contributed by atoms with Gasteiger partial charge in [0.25, 0.3) is 0 Å². The highest BCUT2D eigenvalue weighted by molar-refractivity contribution is 6.35. The molecule has 0 spiro atoms. The molecule has 12 heteroatoms. The van der Waals surface area contributed by atoms with E-state index in [1.54, 1.807) is 10.7 Å². The molecular formula is C29H31ClN8O3. The van der Waals surface area contributed by atoms with Crippen molar-refractivity contribution in [1.29, 1.82) is 5.26 Å². The number of halogens is 1. The third-order valence-electron chi connectivity index (χ3n) is 8.14. The summed E-state index contributed by atoms with van der Waals surface area (Å²) in [5.41, 5.74) is 2.45. The zero-order valence-electron chi connectivity index (χ0n) is 22.8. The summed E-state index contributed by atoms with van der Waals surface area (Å²) in [5, 5.41) is 26.5. The summed E-state index contributed by atoms with van der Waals surface area (Å²) in [7, 11) is 2.09. The number of rotatable bonds is 7. The number of aromatic nitrogens is 4. The SMILES string of the molecule is CN1CCCC1COc1nc(N2CCN(C(=O)O)C(CC#N)C2)c2ncc(Cc3cccc4cccc(Cl)c34)n2n1. The number of benzene rings is 2. The van der Waals surface area contributed by atoms with Gasteiger partial charge in [-0.1, -0.05) is 41.9 Å². The van der Waals surface area contributed by atoms with Gasteiger partial charge in [-0.25, -0.2) is 14.3 Å². The van der Waals surface area contributed by atoms with Gasteiger partial charge >= 0.3 is 12.1 Å². The second-order valence-corrected chi connectivity index (χ2v) is 11.1. The third-order valence-corrected chi connectivity index (χ3v) is 8.45. The first kappa shape index (κ1) is 27.1. The van der Waals surface area contributed by atoms with Crippen molar-refractivity contribution >= 4 is 39.9 Å². The summed E-state index contributed by atoms with van der Waals surface area (Å²) in [5.74, 6) is 0.560. The Morgan fingerprint density at radius 3 is 2.78 bits per heavy atom. The predicted octanol–water partition coefficient (Wildman–Crippen LogP) is 4.08. The van der Waals surface area contributed by atoms with Crippen LogP contribution < -0.4 is 9.64 Å². The van der Waals surface area contributed by atoms with E-state index < -0.39 is 12.1 Å². The molecule has 1 N–H and O–H groups in total. The number of nitriles is 1. The number of imidazole rings is 1. The average molecular weight is 575 g/mol. The van der Waals surface area contributed by atoms with E-state index in [9.17, 15) is 15.2 Å². The molecule has 2 saturated heterocycles. The van der Waals surface area contributed by atoms with Gasteiger partial charge < -0.3 is 24.5 Å². The molecule has 0 aliphatic carbocycles. The van der Waals surface area contributed by atoms with E-state index in [2.05, 4.69) is 24.1 Å². The zero-order valence-corrected chi connectivity index (χ0v) is 23.5. The highest BCUT2D eigenvalue weighted by atomic mass is 35.5. The van der Waals surface area contributed by atoms with Crippen LogP contribution in [0.1, 0.15) is 30.5 Å². The molecule has 2 aromatic carbocycles. The van der Waals surface area contributed by atoms with E-state index in [1.165, 1.54) is 4.90 Å². The second kappa shape index (κ2) is 11.4. The molecule has 2 fully saturated rings. The monoisotopic (exact) mass is 574 g/mol. The number of carboxylic acid groups (broad SMARTS) is 1. The van der Waals surface area contributed by atoms with E-state index in [0.29, 0.717) is 42.6 Å². The number of hydrogen-bond donors (Lipinski definition) is 1. The fraction of sp³-hybridized carbons (Fsp3) is 0.414. The molecular weight excluding hydrogens is 544 g/mol. The molecule has 6 rings (SSSR count). The van der Waals surface area contributed by atoms with Gasteiger partial charge in [-0.2, -0.15) is 10.2 Å². The van der Waals surface area contributed by atoms with E-state index >= 15 is 0 Å². The van der Waals surface area contributed by atoms with Crippen LogP contribution in [0.15, 0.2) is 42.6 Å². The van der Waals surface area contributed by atoms with Gasteiger partial charge in [0, 0.05) is 42.5 Å². The van der Waals surface area contributed by atoms with Crippen molar-refractivity contribution in [2.75, 3.05) is 44.7 Å². The first-order chi connectivity index (χ1) is 19.9. The number of likely N-dealkylation sites (N-methyl/N-ethyl adjacent to an activating group) is 1. The molecule has 41 heavy (non-hydrogen) atoms. The average Bonchev–Trinajstić information content (AvgIpc) is 3.57. The molecule has 2 aliphatic rings. The third kappa shape index (κ3) is 5.33. The minimum Gasteiger partial charge on any atom is -0.465 e. The fourth-order valence-electron chi connectivity index (χ4n) is 5.94. The van der Waals surface area contributed by atoms with E-state index in [-0.39, 0.29) is 25.0 Å². The molecule has 212 valence electrons. The molecule has 1 amide bonds. The number of likely N-dealkylation sites (tertiary alicyclic amines) is 1. The van der Waals surface area contributed by atoms with Gasteiger partial charge in [-0.3, -0.25) is 0 Å². The quantitative estimate of drug-likeness (QED) is 0.348. The molecule has 4 aromatic rings. The molecule has 2 atom stereocenters. The van der Waals surface area contributed by atoms with Gasteiger partial charge in [0.15, 0.2) is 11.5 Å².